The molecule has 1 aliphatic rings. The number of fused-ring (bicyclic) bond motifs is 5. The number of phenols is 2. The Morgan fingerprint density at radius 3 is 2.04 bits per heavy atom. The summed E-state index contributed by atoms with van der Waals surface area (Å²) < 4.78 is 0. The lowest BCUT2D eigenvalue weighted by Crippen LogP contribution is -2.57. The minimum atomic E-state index is -1.15. The molecule has 0 spiro atoms. The Kier molecular flexibility index (Phi) is 15.6. The fraction of sp³-hybridized carbons (Fsp3) is 0.529. The normalized spacial score (nSPS) is 18.9. The fourth-order valence-corrected chi connectivity index (χ4v) is 5.60. The predicted molar refractivity (Wildman–Crippen MR) is 185 cm³/mol. The lowest BCUT2D eigenvalue weighted by molar-refractivity contribution is -0.133. The van der Waals surface area contributed by atoms with Crippen molar-refractivity contribution >= 4 is 23.6 Å². The molecule has 10 N–H and O–H groups in total. The van der Waals surface area contributed by atoms with Gasteiger partial charge in [-0.25, -0.2) is 0 Å². The van der Waals surface area contributed by atoms with E-state index in [0.29, 0.717) is 62.1 Å². The molecule has 264 valence electrons. The highest BCUT2D eigenvalue weighted by molar-refractivity contribution is 5.93. The fourth-order valence-electron chi connectivity index (χ4n) is 5.60. The SMILES string of the molecule is CNCCC[C@@H]1NC(=O)[C@@H](NC)Cc2cc(ccc2O)-c2ccc(O)c(c2)C[C@@H](C(=O)NC(CCNC)CC(=O)NCCNC)NC1=O. The van der Waals surface area contributed by atoms with Gasteiger partial charge in [0.25, 0.3) is 0 Å². The summed E-state index contributed by atoms with van der Waals surface area (Å²) in [5.74, 6) is -1.76. The summed E-state index contributed by atoms with van der Waals surface area (Å²) in [7, 11) is 6.99. The van der Waals surface area contributed by atoms with Crippen molar-refractivity contribution in [1.29, 1.82) is 0 Å². The average Bonchev–Trinajstić information content (AvgIpc) is 3.06. The van der Waals surface area contributed by atoms with Gasteiger partial charge in [-0.15, -0.1) is 0 Å². The van der Waals surface area contributed by atoms with Crippen molar-refractivity contribution in [3.63, 3.8) is 0 Å². The molecule has 4 atom stereocenters. The highest BCUT2D eigenvalue weighted by Crippen LogP contribution is 2.31. The third kappa shape index (κ3) is 11.5. The zero-order valence-electron chi connectivity index (χ0n) is 28.4. The van der Waals surface area contributed by atoms with E-state index < -0.39 is 41.9 Å². The third-order valence-corrected chi connectivity index (χ3v) is 8.41. The smallest absolute Gasteiger partial charge is 0.243 e. The van der Waals surface area contributed by atoms with Crippen molar-refractivity contribution in [3.05, 3.63) is 47.5 Å². The molecule has 0 saturated carbocycles. The minimum Gasteiger partial charge on any atom is -0.508 e. The van der Waals surface area contributed by atoms with E-state index in [2.05, 4.69) is 42.5 Å². The molecule has 4 bridgehead atoms. The van der Waals surface area contributed by atoms with Crippen molar-refractivity contribution < 1.29 is 29.4 Å². The Morgan fingerprint density at radius 1 is 0.812 bits per heavy atom. The zero-order valence-corrected chi connectivity index (χ0v) is 28.4. The van der Waals surface area contributed by atoms with Crippen LogP contribution in [0.3, 0.4) is 0 Å². The zero-order chi connectivity index (χ0) is 35.1. The molecule has 0 aromatic heterocycles. The van der Waals surface area contributed by atoms with Crippen molar-refractivity contribution in [2.24, 2.45) is 0 Å². The Bertz CT molecular complexity index is 1390. The summed E-state index contributed by atoms with van der Waals surface area (Å²) in [6, 6.07) is 6.65. The van der Waals surface area contributed by atoms with Crippen LogP contribution in [0.25, 0.3) is 11.1 Å². The molecule has 4 amide bonds. The number of aromatic hydroxyl groups is 2. The number of hydrogen-bond donors (Lipinski definition) is 10. The van der Waals surface area contributed by atoms with Crippen molar-refractivity contribution in [3.8, 4) is 22.6 Å². The second-order valence-corrected chi connectivity index (χ2v) is 12.1. The van der Waals surface area contributed by atoms with Gasteiger partial charge in [0, 0.05) is 38.4 Å². The molecular weight excluding hydrogens is 616 g/mol. The average molecular weight is 669 g/mol. The van der Waals surface area contributed by atoms with Gasteiger partial charge in [0.2, 0.25) is 23.6 Å². The van der Waals surface area contributed by atoms with Crippen LogP contribution in [0.15, 0.2) is 36.4 Å². The summed E-state index contributed by atoms with van der Waals surface area (Å²) >= 11 is 0. The number of nitrogens with one attached hydrogen (secondary N) is 8. The number of rotatable bonds is 15. The molecule has 2 aromatic rings. The molecular formula is C34H52N8O6. The molecule has 0 saturated heterocycles. The second-order valence-electron chi connectivity index (χ2n) is 12.1. The van der Waals surface area contributed by atoms with E-state index in [9.17, 15) is 29.4 Å². The molecule has 2 aromatic carbocycles. The quantitative estimate of drug-likeness (QED) is 0.107. The Balaban J connectivity index is 2.03. The number of benzene rings is 2. The summed E-state index contributed by atoms with van der Waals surface area (Å²) in [6.07, 6.45) is 1.44. The van der Waals surface area contributed by atoms with Crippen LogP contribution in [-0.4, -0.2) is 112 Å². The van der Waals surface area contributed by atoms with Crippen molar-refractivity contribution in [2.45, 2.75) is 62.7 Å². The highest BCUT2D eigenvalue weighted by atomic mass is 16.3. The third-order valence-electron chi connectivity index (χ3n) is 8.41. The van der Waals surface area contributed by atoms with Crippen LogP contribution < -0.4 is 42.5 Å². The van der Waals surface area contributed by atoms with Gasteiger partial charge >= 0.3 is 0 Å². The summed E-state index contributed by atoms with van der Waals surface area (Å²) in [5, 5.41) is 45.1. The summed E-state index contributed by atoms with van der Waals surface area (Å²) in [4.78, 5) is 54.0. The van der Waals surface area contributed by atoms with Gasteiger partial charge in [-0.1, -0.05) is 12.1 Å². The first-order valence-electron chi connectivity index (χ1n) is 16.5. The first-order valence-corrected chi connectivity index (χ1v) is 16.5. The topological polar surface area (TPSA) is 205 Å². The van der Waals surface area contributed by atoms with Crippen LogP contribution in [0.4, 0.5) is 0 Å². The van der Waals surface area contributed by atoms with Gasteiger partial charge in [-0.3, -0.25) is 19.2 Å². The van der Waals surface area contributed by atoms with Gasteiger partial charge < -0.3 is 52.7 Å². The standard InChI is InChI=1S/C34H52N8O6/c1-35-12-5-6-26-32(46)42-28(34(48)40-25(11-13-36-2)20-31(45)39-15-14-37-3)19-24-17-22(8-10-30(24)44)21-7-9-29(43)23(16-21)18-27(38-4)33(47)41-26/h7-10,16-17,25-28,35-38,43-44H,5-6,11-15,18-20H2,1-4H3,(H,39,45)(H,40,48)(H,41,47)(H,42,46)/t25?,26-,27-,28-/m0/s1. The van der Waals surface area contributed by atoms with E-state index in [1.165, 1.54) is 6.07 Å². The van der Waals surface area contributed by atoms with Crippen molar-refractivity contribution in [2.75, 3.05) is 54.4 Å². The first-order chi connectivity index (χ1) is 23.1. The maximum absolute atomic E-state index is 14.0. The van der Waals surface area contributed by atoms with E-state index in [1.807, 2.05) is 0 Å². The molecule has 48 heavy (non-hydrogen) atoms. The molecule has 14 nitrogen and oxygen atoms in total. The maximum atomic E-state index is 14.0. The maximum Gasteiger partial charge on any atom is 0.243 e. The van der Waals surface area contributed by atoms with Gasteiger partial charge in [0.15, 0.2) is 0 Å². The largest absolute Gasteiger partial charge is 0.508 e. The monoisotopic (exact) mass is 668 g/mol. The molecule has 14 heteroatoms. The molecule has 0 fully saturated rings. The number of hydrogen-bond acceptors (Lipinski definition) is 10. The van der Waals surface area contributed by atoms with Crippen molar-refractivity contribution in [1.82, 2.24) is 42.5 Å². The molecule has 0 aliphatic carbocycles. The summed E-state index contributed by atoms with van der Waals surface area (Å²) in [5.41, 5.74) is 2.39. The number of phenolic OH excluding ortho intramolecular Hbond substituents is 2. The highest BCUT2D eigenvalue weighted by Gasteiger charge is 2.31. The lowest BCUT2D eigenvalue weighted by Gasteiger charge is -2.27. The number of amides is 4. The molecule has 1 heterocycles. The Morgan fingerprint density at radius 2 is 1.44 bits per heavy atom. The van der Waals surface area contributed by atoms with E-state index >= 15 is 0 Å². The summed E-state index contributed by atoms with van der Waals surface area (Å²) in [6.45, 7) is 2.18. The minimum absolute atomic E-state index is 0.0266. The Labute approximate surface area is 282 Å². The van der Waals surface area contributed by atoms with Crippen LogP contribution in [0.2, 0.25) is 0 Å². The van der Waals surface area contributed by atoms with Gasteiger partial charge in [-0.05, 0) is 107 Å². The van der Waals surface area contributed by atoms with E-state index in [1.54, 1.807) is 58.5 Å². The number of carbonyl (C=O) groups excluding carboxylic acids is 4. The first kappa shape index (κ1) is 38.2. The van der Waals surface area contributed by atoms with Gasteiger partial charge in [-0.2, -0.15) is 0 Å². The second kappa shape index (κ2) is 19.5. The Hall–Kier alpha value is -4.24. The van der Waals surface area contributed by atoms with Crippen LogP contribution in [0, 0.1) is 0 Å². The number of carbonyl (C=O) groups is 4. The predicted octanol–water partition coefficient (Wildman–Crippen LogP) is -0.759. The molecule has 3 rings (SSSR count). The van der Waals surface area contributed by atoms with Gasteiger partial charge in [0.1, 0.15) is 23.6 Å². The van der Waals surface area contributed by atoms with E-state index in [4.69, 9.17) is 0 Å². The van der Waals surface area contributed by atoms with Crippen LogP contribution >= 0.6 is 0 Å². The van der Waals surface area contributed by atoms with Gasteiger partial charge in [0.05, 0.1) is 6.04 Å². The van der Waals surface area contributed by atoms with Crippen LogP contribution in [0.5, 0.6) is 11.5 Å². The number of likely N-dealkylation sites (N-methyl/N-ethyl adjacent to an activating group) is 2. The molecule has 0 radical (unpaired) electrons. The van der Waals surface area contributed by atoms with E-state index in [0.717, 1.165) is 5.56 Å². The van der Waals surface area contributed by atoms with Crippen LogP contribution in [0.1, 0.15) is 36.8 Å². The van der Waals surface area contributed by atoms with Crippen LogP contribution in [-0.2, 0) is 32.0 Å². The van der Waals surface area contributed by atoms with E-state index in [-0.39, 0.29) is 36.7 Å². The lowest BCUT2D eigenvalue weighted by atomic mass is 9.95. The molecule has 1 aliphatic heterocycles. The molecule has 1 unspecified atom stereocenters.